The Balaban J connectivity index is 1.99. The number of nitrogens with zero attached hydrogens (tertiary/aromatic N) is 2. The van der Waals surface area contributed by atoms with E-state index in [4.69, 9.17) is 0 Å². The van der Waals surface area contributed by atoms with Crippen molar-refractivity contribution in [2.24, 2.45) is 5.92 Å². The number of rotatable bonds is 4. The van der Waals surface area contributed by atoms with Crippen LogP contribution in [0.15, 0.2) is 24.4 Å². The van der Waals surface area contributed by atoms with E-state index in [1.54, 1.807) is 11.1 Å². The molecule has 0 spiro atoms. The van der Waals surface area contributed by atoms with E-state index in [1.807, 2.05) is 25.1 Å². The van der Waals surface area contributed by atoms with Gasteiger partial charge >= 0.3 is 0 Å². The highest BCUT2D eigenvalue weighted by atomic mass is 16.2. The maximum absolute atomic E-state index is 11.8. The third kappa shape index (κ3) is 2.70. The lowest BCUT2D eigenvalue weighted by Crippen LogP contribution is -2.26. The van der Waals surface area contributed by atoms with Crippen LogP contribution in [-0.4, -0.2) is 28.1 Å². The van der Waals surface area contributed by atoms with Gasteiger partial charge in [-0.25, -0.2) is 0 Å². The molecule has 0 N–H and O–H groups in total. The van der Waals surface area contributed by atoms with Gasteiger partial charge in [-0.05, 0) is 12.1 Å². The minimum Gasteiger partial charge on any atom is -0.336 e. The van der Waals surface area contributed by atoms with Crippen LogP contribution in [0.2, 0.25) is 0 Å². The van der Waals surface area contributed by atoms with Crippen LogP contribution in [0, 0.1) is 5.92 Å². The number of aromatic nitrogens is 1. The highest BCUT2D eigenvalue weighted by Crippen LogP contribution is 2.21. The smallest absolute Gasteiger partial charge is 0.223 e. The van der Waals surface area contributed by atoms with Gasteiger partial charge in [-0.3, -0.25) is 14.6 Å². The predicted octanol–water partition coefficient (Wildman–Crippen LogP) is 1.41. The Morgan fingerprint density at radius 1 is 1.53 bits per heavy atom. The summed E-state index contributed by atoms with van der Waals surface area (Å²) in [6.07, 6.45) is 2.58. The number of ketones is 1. The highest BCUT2D eigenvalue weighted by molar-refractivity contribution is 5.90. The van der Waals surface area contributed by atoms with Crippen molar-refractivity contribution in [1.29, 1.82) is 0 Å². The minimum atomic E-state index is -0.115. The second-order valence-corrected chi connectivity index (χ2v) is 4.32. The molecule has 1 atom stereocenters. The average Bonchev–Trinajstić information content (AvgIpc) is 2.71. The van der Waals surface area contributed by atoms with Crippen LogP contribution in [0.5, 0.6) is 0 Å². The van der Waals surface area contributed by atoms with E-state index in [9.17, 15) is 9.59 Å². The van der Waals surface area contributed by atoms with E-state index in [-0.39, 0.29) is 17.6 Å². The van der Waals surface area contributed by atoms with Crippen LogP contribution < -0.4 is 0 Å². The molecule has 4 heteroatoms. The first kappa shape index (κ1) is 11.8. The maximum atomic E-state index is 11.8. The topological polar surface area (TPSA) is 50.3 Å². The van der Waals surface area contributed by atoms with Gasteiger partial charge in [0.25, 0.3) is 0 Å². The number of carbonyl (C=O) groups excluding carboxylic acids is 2. The minimum absolute atomic E-state index is 0.0578. The van der Waals surface area contributed by atoms with Crippen LogP contribution in [0.25, 0.3) is 0 Å². The summed E-state index contributed by atoms with van der Waals surface area (Å²) in [6, 6.07) is 5.64. The summed E-state index contributed by atoms with van der Waals surface area (Å²) in [7, 11) is 0. The molecule has 1 aromatic heterocycles. The van der Waals surface area contributed by atoms with Crippen LogP contribution in [-0.2, 0) is 16.1 Å². The third-order valence-corrected chi connectivity index (χ3v) is 3.10. The molecule has 17 heavy (non-hydrogen) atoms. The molecule has 1 fully saturated rings. The number of carbonyl (C=O) groups is 2. The monoisotopic (exact) mass is 232 g/mol. The molecule has 1 saturated heterocycles. The number of pyridine rings is 1. The van der Waals surface area contributed by atoms with Crippen LogP contribution in [0.1, 0.15) is 25.5 Å². The van der Waals surface area contributed by atoms with Gasteiger partial charge in [0.1, 0.15) is 5.78 Å². The van der Waals surface area contributed by atoms with Crippen LogP contribution in [0.4, 0.5) is 0 Å². The van der Waals surface area contributed by atoms with Gasteiger partial charge in [0.05, 0.1) is 12.2 Å². The second kappa shape index (κ2) is 5.08. The average molecular weight is 232 g/mol. The fraction of sp³-hybridized carbons (Fsp3) is 0.462. The van der Waals surface area contributed by atoms with E-state index in [0.29, 0.717) is 25.9 Å². The van der Waals surface area contributed by atoms with Crippen molar-refractivity contribution in [3.05, 3.63) is 30.1 Å². The Kier molecular flexibility index (Phi) is 3.52. The Morgan fingerprint density at radius 2 is 2.35 bits per heavy atom. The second-order valence-electron chi connectivity index (χ2n) is 4.32. The zero-order chi connectivity index (χ0) is 12.3. The number of amides is 1. The molecule has 0 aliphatic carbocycles. The number of likely N-dealkylation sites (tertiary alicyclic amines) is 1. The Morgan fingerprint density at radius 3 is 3.00 bits per heavy atom. The Labute approximate surface area is 101 Å². The van der Waals surface area contributed by atoms with Crippen molar-refractivity contribution < 1.29 is 9.59 Å². The molecule has 2 heterocycles. The fourth-order valence-electron chi connectivity index (χ4n) is 2.12. The van der Waals surface area contributed by atoms with Crippen molar-refractivity contribution in [2.45, 2.75) is 26.3 Å². The lowest BCUT2D eigenvalue weighted by Gasteiger charge is -2.15. The quantitative estimate of drug-likeness (QED) is 0.788. The van der Waals surface area contributed by atoms with Gasteiger partial charge in [0.15, 0.2) is 0 Å². The molecule has 1 unspecified atom stereocenters. The van der Waals surface area contributed by atoms with Crippen LogP contribution in [0.3, 0.4) is 0 Å². The molecule has 1 amide bonds. The van der Waals surface area contributed by atoms with Gasteiger partial charge in [-0.2, -0.15) is 0 Å². The van der Waals surface area contributed by atoms with Gasteiger partial charge in [-0.15, -0.1) is 0 Å². The van der Waals surface area contributed by atoms with E-state index < -0.39 is 0 Å². The van der Waals surface area contributed by atoms with E-state index in [2.05, 4.69) is 4.98 Å². The number of hydrogen-bond donors (Lipinski definition) is 0. The Hall–Kier alpha value is -1.71. The van der Waals surface area contributed by atoms with Crippen molar-refractivity contribution in [3.8, 4) is 0 Å². The maximum Gasteiger partial charge on any atom is 0.223 e. The normalized spacial score (nSPS) is 19.7. The first-order chi connectivity index (χ1) is 8.20. The molecule has 90 valence electrons. The molecule has 1 aromatic rings. The summed E-state index contributed by atoms with van der Waals surface area (Å²) in [6.45, 7) is 2.89. The van der Waals surface area contributed by atoms with Gasteiger partial charge in [-0.1, -0.05) is 13.0 Å². The molecule has 1 aliphatic rings. The largest absolute Gasteiger partial charge is 0.336 e. The molecule has 0 bridgehead atoms. The van der Waals surface area contributed by atoms with Gasteiger partial charge in [0, 0.05) is 31.5 Å². The van der Waals surface area contributed by atoms with Gasteiger partial charge < -0.3 is 4.90 Å². The lowest BCUT2D eigenvalue weighted by atomic mass is 10.0. The van der Waals surface area contributed by atoms with Crippen molar-refractivity contribution in [3.63, 3.8) is 0 Å². The molecular formula is C13H16N2O2. The molecule has 0 saturated carbocycles. The summed E-state index contributed by atoms with van der Waals surface area (Å²) >= 11 is 0. The van der Waals surface area contributed by atoms with E-state index >= 15 is 0 Å². The Bertz CT molecular complexity index is 417. The predicted molar refractivity (Wildman–Crippen MR) is 63.1 cm³/mol. The first-order valence-corrected chi connectivity index (χ1v) is 5.91. The summed E-state index contributed by atoms with van der Waals surface area (Å²) in [5.41, 5.74) is 0.866. The fourth-order valence-corrected chi connectivity index (χ4v) is 2.12. The van der Waals surface area contributed by atoms with Crippen molar-refractivity contribution >= 4 is 11.7 Å². The molecule has 2 rings (SSSR count). The number of hydrogen-bond acceptors (Lipinski definition) is 3. The van der Waals surface area contributed by atoms with E-state index in [0.717, 1.165) is 5.69 Å². The summed E-state index contributed by atoms with van der Waals surface area (Å²) in [5.74, 6) is 0.125. The molecule has 0 aromatic carbocycles. The molecular weight excluding hydrogens is 216 g/mol. The molecule has 4 nitrogen and oxygen atoms in total. The van der Waals surface area contributed by atoms with Crippen molar-refractivity contribution in [1.82, 2.24) is 9.88 Å². The summed E-state index contributed by atoms with van der Waals surface area (Å²) in [5, 5.41) is 0. The SMILES string of the molecule is CCC(=O)C1CC(=O)N(Cc2ccccn2)C1. The zero-order valence-corrected chi connectivity index (χ0v) is 9.93. The van der Waals surface area contributed by atoms with E-state index in [1.165, 1.54) is 0 Å². The molecule has 0 radical (unpaired) electrons. The first-order valence-electron chi connectivity index (χ1n) is 5.91. The van der Waals surface area contributed by atoms with Crippen molar-refractivity contribution in [2.75, 3.05) is 6.54 Å². The standard InChI is InChI=1S/C13H16N2O2/c1-2-12(16)10-7-13(17)15(8-10)9-11-5-3-4-6-14-11/h3-6,10H,2,7-9H2,1H3. The highest BCUT2D eigenvalue weighted by Gasteiger charge is 2.33. The third-order valence-electron chi connectivity index (χ3n) is 3.10. The summed E-state index contributed by atoms with van der Waals surface area (Å²) < 4.78 is 0. The van der Waals surface area contributed by atoms with Gasteiger partial charge in [0.2, 0.25) is 5.91 Å². The zero-order valence-electron chi connectivity index (χ0n) is 9.93. The summed E-state index contributed by atoms with van der Waals surface area (Å²) in [4.78, 5) is 29.2. The lowest BCUT2D eigenvalue weighted by molar-refractivity contribution is -0.129. The number of Topliss-reactive ketones (excluding diaryl/α,β-unsaturated/α-hetero) is 1. The molecule has 1 aliphatic heterocycles. The van der Waals surface area contributed by atoms with Crippen LogP contribution >= 0.6 is 0 Å².